The highest BCUT2D eigenvalue weighted by atomic mass is 16.5. The van der Waals surface area contributed by atoms with Crippen molar-refractivity contribution in [3.8, 4) is 0 Å². The number of nitrogens with one attached hydrogen (secondary N) is 1. The first kappa shape index (κ1) is 64.8. The zero-order valence-electron chi connectivity index (χ0n) is 44.5. The standard InChI is InChI=1S/C62H107NO5/c1-4-7-10-13-16-19-22-25-28-30-31-34-37-40-43-46-49-52-55-62(67)68-58(53-50-47-44-41-38-35-32-27-24-21-18-15-12-9-6-3)56-61(66)63-59(57-64)60(65)54-51-48-45-42-39-36-33-29-26-23-20-17-14-11-8-5-2/h9,12,18,21-22,25,27-28,30-32,34,38,41,47,50,58-60,64-65H,4-8,10-11,13-17,19-20,23-24,26,29,33,35-37,39-40,42-46,48-49,51-57H2,1-3H3,(H,63,66)/b12-9-,21-18-,25-22+,30-28+,32-27-,34-31+,41-38-,50-47-. The summed E-state index contributed by atoms with van der Waals surface area (Å²) in [6.45, 7) is 6.33. The highest BCUT2D eigenvalue weighted by Crippen LogP contribution is 2.17. The number of unbranched alkanes of at least 4 members (excludes halogenated alkanes) is 25. The van der Waals surface area contributed by atoms with Gasteiger partial charge in [0, 0.05) is 12.8 Å². The molecule has 0 bridgehead atoms. The van der Waals surface area contributed by atoms with Crippen molar-refractivity contribution in [2.24, 2.45) is 0 Å². The smallest absolute Gasteiger partial charge is 0.306 e. The molecule has 0 radical (unpaired) electrons. The number of carbonyl (C=O) groups excluding carboxylic acids is 2. The van der Waals surface area contributed by atoms with E-state index >= 15 is 0 Å². The van der Waals surface area contributed by atoms with E-state index in [1.54, 1.807) is 0 Å². The van der Waals surface area contributed by atoms with Gasteiger partial charge in [0.2, 0.25) is 5.91 Å². The van der Waals surface area contributed by atoms with Gasteiger partial charge in [-0.3, -0.25) is 9.59 Å². The minimum Gasteiger partial charge on any atom is -0.461 e. The quantitative estimate of drug-likeness (QED) is 0.0244. The van der Waals surface area contributed by atoms with Crippen LogP contribution >= 0.6 is 0 Å². The Bertz CT molecular complexity index is 1340. The maximum absolute atomic E-state index is 13.2. The molecule has 0 aromatic heterocycles. The van der Waals surface area contributed by atoms with E-state index in [0.29, 0.717) is 19.3 Å². The van der Waals surface area contributed by atoms with Crippen LogP contribution in [0.1, 0.15) is 258 Å². The largest absolute Gasteiger partial charge is 0.461 e. The zero-order chi connectivity index (χ0) is 49.5. The van der Waals surface area contributed by atoms with Crippen LogP contribution in [0.4, 0.5) is 0 Å². The summed E-state index contributed by atoms with van der Waals surface area (Å²) >= 11 is 0. The summed E-state index contributed by atoms with van der Waals surface area (Å²) in [7, 11) is 0. The molecule has 0 spiro atoms. The molecule has 0 aliphatic carbocycles. The number of carbonyl (C=O) groups is 2. The van der Waals surface area contributed by atoms with E-state index in [-0.39, 0.29) is 24.9 Å². The van der Waals surface area contributed by atoms with Gasteiger partial charge >= 0.3 is 5.97 Å². The van der Waals surface area contributed by atoms with E-state index in [4.69, 9.17) is 4.74 Å². The Kier molecular flexibility index (Phi) is 52.1. The second-order valence-electron chi connectivity index (χ2n) is 19.0. The first-order chi connectivity index (χ1) is 33.5. The van der Waals surface area contributed by atoms with Crippen molar-refractivity contribution in [2.75, 3.05) is 6.61 Å². The van der Waals surface area contributed by atoms with Crippen LogP contribution in [-0.4, -0.2) is 46.9 Å². The average Bonchev–Trinajstić information content (AvgIpc) is 3.33. The van der Waals surface area contributed by atoms with E-state index in [9.17, 15) is 19.8 Å². The van der Waals surface area contributed by atoms with Crippen LogP contribution in [0.15, 0.2) is 97.2 Å². The van der Waals surface area contributed by atoms with Crippen LogP contribution in [-0.2, 0) is 14.3 Å². The molecule has 0 aromatic rings. The molecule has 0 saturated carbocycles. The molecular weight excluding hydrogens is 839 g/mol. The zero-order valence-corrected chi connectivity index (χ0v) is 44.5. The van der Waals surface area contributed by atoms with Crippen LogP contribution in [0, 0.1) is 0 Å². The molecule has 0 rings (SSSR count). The Morgan fingerprint density at radius 1 is 0.471 bits per heavy atom. The number of esters is 1. The fourth-order valence-electron chi connectivity index (χ4n) is 8.16. The Labute approximate surface area is 420 Å². The number of aliphatic hydroxyl groups is 2. The lowest BCUT2D eigenvalue weighted by atomic mass is 10.0. The first-order valence-corrected chi connectivity index (χ1v) is 28.5. The molecule has 1 amide bonds. The summed E-state index contributed by atoms with van der Waals surface area (Å²) in [5.41, 5.74) is 0. The Balaban J connectivity index is 4.71. The Morgan fingerprint density at radius 3 is 1.31 bits per heavy atom. The maximum Gasteiger partial charge on any atom is 0.306 e. The molecular formula is C62H107NO5. The number of hydrogen-bond donors (Lipinski definition) is 3. The molecule has 6 heteroatoms. The number of rotatable bonds is 50. The molecule has 0 aliphatic heterocycles. The molecule has 0 aromatic carbocycles. The lowest BCUT2D eigenvalue weighted by molar-refractivity contribution is -0.150. The maximum atomic E-state index is 13.2. The monoisotopic (exact) mass is 946 g/mol. The van der Waals surface area contributed by atoms with E-state index in [1.165, 1.54) is 116 Å². The highest BCUT2D eigenvalue weighted by molar-refractivity contribution is 5.77. The van der Waals surface area contributed by atoms with Gasteiger partial charge < -0.3 is 20.3 Å². The van der Waals surface area contributed by atoms with Crippen molar-refractivity contribution in [3.05, 3.63) is 97.2 Å². The second-order valence-corrected chi connectivity index (χ2v) is 19.0. The number of hydrogen-bond acceptors (Lipinski definition) is 5. The topological polar surface area (TPSA) is 95.9 Å². The van der Waals surface area contributed by atoms with Crippen molar-refractivity contribution in [3.63, 3.8) is 0 Å². The van der Waals surface area contributed by atoms with Crippen molar-refractivity contribution >= 4 is 11.9 Å². The number of amides is 1. The van der Waals surface area contributed by atoms with Gasteiger partial charge in [-0.2, -0.15) is 0 Å². The third kappa shape index (κ3) is 49.2. The van der Waals surface area contributed by atoms with Gasteiger partial charge in [-0.05, 0) is 70.6 Å². The SMILES string of the molecule is CC/C=C\C/C=C\C/C=C\C/C=C\C/C=C\CC(CC(=O)NC(CO)C(O)CCCCCCCCCCCCCCCCCC)OC(=O)CCCCCCC/C=C/C=C/C=C/CCCCCCC. The molecule has 0 heterocycles. The van der Waals surface area contributed by atoms with E-state index in [1.807, 2.05) is 12.2 Å². The van der Waals surface area contributed by atoms with Crippen molar-refractivity contribution in [2.45, 2.75) is 277 Å². The van der Waals surface area contributed by atoms with Crippen LogP contribution in [0.25, 0.3) is 0 Å². The van der Waals surface area contributed by atoms with Gasteiger partial charge in [0.1, 0.15) is 6.10 Å². The number of aliphatic hydroxyl groups excluding tert-OH is 2. The summed E-state index contributed by atoms with van der Waals surface area (Å²) in [4.78, 5) is 26.2. The van der Waals surface area contributed by atoms with Crippen LogP contribution in [0.3, 0.4) is 0 Å². The first-order valence-electron chi connectivity index (χ1n) is 28.5. The van der Waals surface area contributed by atoms with Crippen LogP contribution in [0.5, 0.6) is 0 Å². The lowest BCUT2D eigenvalue weighted by Crippen LogP contribution is -2.46. The molecule has 3 atom stereocenters. The van der Waals surface area contributed by atoms with Gasteiger partial charge in [0.05, 0.1) is 25.2 Å². The second kappa shape index (κ2) is 54.7. The molecule has 0 saturated heterocycles. The predicted octanol–water partition coefficient (Wildman–Crippen LogP) is 17.7. The summed E-state index contributed by atoms with van der Waals surface area (Å²) in [6.07, 6.45) is 73.4. The molecule has 68 heavy (non-hydrogen) atoms. The third-order valence-electron chi connectivity index (χ3n) is 12.5. The summed E-state index contributed by atoms with van der Waals surface area (Å²) in [5, 5.41) is 23.8. The van der Waals surface area contributed by atoms with E-state index in [2.05, 4.69) is 111 Å². The fourth-order valence-corrected chi connectivity index (χ4v) is 8.16. The third-order valence-corrected chi connectivity index (χ3v) is 12.5. The normalized spacial score (nSPS) is 13.9. The lowest BCUT2D eigenvalue weighted by Gasteiger charge is -2.24. The molecule has 3 unspecified atom stereocenters. The van der Waals surface area contributed by atoms with Crippen molar-refractivity contribution < 1.29 is 24.5 Å². The molecule has 0 fully saturated rings. The van der Waals surface area contributed by atoms with Crippen molar-refractivity contribution in [1.29, 1.82) is 0 Å². The minimum atomic E-state index is -0.822. The predicted molar refractivity (Wildman–Crippen MR) is 296 cm³/mol. The van der Waals surface area contributed by atoms with E-state index in [0.717, 1.165) is 96.3 Å². The van der Waals surface area contributed by atoms with E-state index < -0.39 is 18.2 Å². The van der Waals surface area contributed by atoms with Crippen LogP contribution in [0.2, 0.25) is 0 Å². The Hall–Kier alpha value is -3.22. The fraction of sp³-hybridized carbons (Fsp3) is 0.710. The number of ether oxygens (including phenoxy) is 1. The van der Waals surface area contributed by atoms with Gasteiger partial charge in [0.25, 0.3) is 0 Å². The molecule has 3 N–H and O–H groups in total. The van der Waals surface area contributed by atoms with Gasteiger partial charge in [-0.15, -0.1) is 0 Å². The van der Waals surface area contributed by atoms with Crippen LogP contribution < -0.4 is 5.32 Å². The molecule has 6 nitrogen and oxygen atoms in total. The molecule has 0 aliphatic rings. The number of allylic oxidation sites excluding steroid dienone is 15. The van der Waals surface area contributed by atoms with Gasteiger partial charge in [-0.25, -0.2) is 0 Å². The van der Waals surface area contributed by atoms with Gasteiger partial charge in [-0.1, -0.05) is 266 Å². The van der Waals surface area contributed by atoms with Crippen molar-refractivity contribution in [1.82, 2.24) is 5.32 Å². The minimum absolute atomic E-state index is 0.0135. The highest BCUT2D eigenvalue weighted by Gasteiger charge is 2.23. The molecule has 390 valence electrons. The summed E-state index contributed by atoms with van der Waals surface area (Å²) in [6, 6.07) is -0.743. The van der Waals surface area contributed by atoms with Gasteiger partial charge in [0.15, 0.2) is 0 Å². The summed E-state index contributed by atoms with van der Waals surface area (Å²) < 4.78 is 5.88. The average molecular weight is 947 g/mol. The summed E-state index contributed by atoms with van der Waals surface area (Å²) in [5.74, 6) is -0.605. The Morgan fingerprint density at radius 2 is 0.868 bits per heavy atom.